The van der Waals surface area contributed by atoms with Gasteiger partial charge in [-0.2, -0.15) is 0 Å². The third-order valence-corrected chi connectivity index (χ3v) is 11.5. The maximum atomic E-state index is 12.9. The molecule has 188 valence electrons. The van der Waals surface area contributed by atoms with Gasteiger partial charge in [0.1, 0.15) is 11.2 Å². The van der Waals surface area contributed by atoms with E-state index in [2.05, 4.69) is 11.8 Å². The summed E-state index contributed by atoms with van der Waals surface area (Å²) in [6, 6.07) is -0.386. The molecule has 5 saturated carbocycles. The van der Waals surface area contributed by atoms with Crippen LogP contribution >= 0.6 is 0 Å². The number of piperidine rings is 1. The van der Waals surface area contributed by atoms with Crippen molar-refractivity contribution in [2.24, 2.45) is 34.5 Å². The molecule has 0 aromatic rings. The smallest absolute Gasteiger partial charge is 0.136 e. The van der Waals surface area contributed by atoms with Gasteiger partial charge < -0.3 is 34.3 Å². The summed E-state index contributed by atoms with van der Waals surface area (Å²) in [5, 5.41) is 37.6. The summed E-state index contributed by atoms with van der Waals surface area (Å²) in [5.74, 6) is -0.231. The molecule has 33 heavy (non-hydrogen) atoms. The molecule has 0 radical (unpaired) electrons. The number of ether oxygens (including phenoxy) is 4. The average molecular weight is 468 g/mol. The summed E-state index contributed by atoms with van der Waals surface area (Å²) in [5.41, 5.74) is -3.82. The lowest BCUT2D eigenvalue weighted by molar-refractivity contribution is -0.318. The van der Waals surface area contributed by atoms with Gasteiger partial charge in [-0.05, 0) is 31.7 Å². The van der Waals surface area contributed by atoms with E-state index in [-0.39, 0.29) is 47.3 Å². The predicted molar refractivity (Wildman–Crippen MR) is 119 cm³/mol. The van der Waals surface area contributed by atoms with E-state index in [4.69, 9.17) is 18.9 Å². The molecule has 1 spiro atoms. The van der Waals surface area contributed by atoms with Crippen LogP contribution in [0.1, 0.15) is 32.6 Å². The molecule has 1 unspecified atom stereocenters. The zero-order chi connectivity index (χ0) is 23.6. The molecule has 0 aromatic heterocycles. The number of aliphatic hydroxyl groups excluding tert-OH is 1. The quantitative estimate of drug-likeness (QED) is 0.512. The van der Waals surface area contributed by atoms with E-state index < -0.39 is 28.8 Å². The number of nitrogens with zero attached hydrogens (tertiary/aromatic N) is 1. The first-order valence-electron chi connectivity index (χ1n) is 12.7. The number of likely N-dealkylation sites (N-methyl/N-ethyl adjacent to an activating group) is 1. The third-order valence-electron chi connectivity index (χ3n) is 11.5. The van der Waals surface area contributed by atoms with Crippen LogP contribution in [-0.4, -0.2) is 110 Å². The minimum atomic E-state index is -1.55. The minimum absolute atomic E-state index is 0.00825. The van der Waals surface area contributed by atoms with Crippen LogP contribution in [0.3, 0.4) is 0 Å². The van der Waals surface area contributed by atoms with E-state index in [0.717, 1.165) is 25.9 Å². The Kier molecular flexibility index (Phi) is 4.99. The molecule has 0 aromatic carbocycles. The molecule has 8 nitrogen and oxygen atoms in total. The highest BCUT2D eigenvalue weighted by Crippen LogP contribution is 2.80. The van der Waals surface area contributed by atoms with Crippen molar-refractivity contribution >= 4 is 0 Å². The summed E-state index contributed by atoms with van der Waals surface area (Å²) in [7, 11) is 6.79. The Morgan fingerprint density at radius 2 is 1.82 bits per heavy atom. The van der Waals surface area contributed by atoms with Gasteiger partial charge >= 0.3 is 0 Å². The van der Waals surface area contributed by atoms with Gasteiger partial charge in [0.25, 0.3) is 0 Å². The van der Waals surface area contributed by atoms with Crippen LogP contribution in [0.25, 0.3) is 0 Å². The lowest BCUT2D eigenvalue weighted by Gasteiger charge is -2.69. The van der Waals surface area contributed by atoms with Crippen molar-refractivity contribution in [3.05, 3.63) is 0 Å². The topological polar surface area (TPSA) is 101 Å². The summed E-state index contributed by atoms with van der Waals surface area (Å²) in [4.78, 5) is 2.33. The summed E-state index contributed by atoms with van der Waals surface area (Å²) >= 11 is 0. The molecule has 6 aliphatic rings. The van der Waals surface area contributed by atoms with Gasteiger partial charge in [-0.1, -0.05) is 6.92 Å². The SMILES string of the molecule is CCN1C[C@]2(COC)CC[C@H](O)[C@]34C1[C@@](O)([C@@H](OC)[C@H]23)[C@@]1(O)C[C@H](OC)[C@H]2C[C@@H]4[C@@H]1[C@H]2OC. The van der Waals surface area contributed by atoms with E-state index >= 15 is 0 Å². The fourth-order valence-electron chi connectivity index (χ4n) is 11.0. The van der Waals surface area contributed by atoms with Crippen molar-refractivity contribution in [3.8, 4) is 0 Å². The zero-order valence-corrected chi connectivity index (χ0v) is 20.6. The number of likely N-dealkylation sites (tertiary alicyclic amines) is 1. The molecule has 6 rings (SSSR count). The van der Waals surface area contributed by atoms with Crippen LogP contribution in [0.2, 0.25) is 0 Å². The second kappa shape index (κ2) is 7.13. The largest absolute Gasteiger partial charge is 0.392 e. The van der Waals surface area contributed by atoms with E-state index in [9.17, 15) is 15.3 Å². The Morgan fingerprint density at radius 1 is 1.06 bits per heavy atom. The van der Waals surface area contributed by atoms with E-state index in [0.29, 0.717) is 19.4 Å². The van der Waals surface area contributed by atoms with E-state index in [1.807, 2.05) is 0 Å². The Bertz CT molecular complexity index is 814. The van der Waals surface area contributed by atoms with E-state index in [1.165, 1.54) is 0 Å². The van der Waals surface area contributed by atoms with E-state index in [1.54, 1.807) is 28.4 Å². The first kappa shape index (κ1) is 23.1. The fraction of sp³-hybridized carbons (Fsp3) is 1.00. The number of hydrogen-bond donors (Lipinski definition) is 3. The molecule has 1 aliphatic heterocycles. The fourth-order valence-corrected chi connectivity index (χ4v) is 11.0. The zero-order valence-electron chi connectivity index (χ0n) is 20.6. The molecule has 6 fully saturated rings. The van der Waals surface area contributed by atoms with Crippen LogP contribution in [-0.2, 0) is 18.9 Å². The number of rotatable bonds is 6. The van der Waals surface area contributed by atoms with Gasteiger partial charge in [0.15, 0.2) is 0 Å². The molecule has 8 heteroatoms. The van der Waals surface area contributed by atoms with Crippen molar-refractivity contribution in [3.63, 3.8) is 0 Å². The number of methoxy groups -OCH3 is 4. The monoisotopic (exact) mass is 467 g/mol. The highest BCUT2D eigenvalue weighted by Gasteiger charge is 2.91. The number of hydrogen-bond acceptors (Lipinski definition) is 8. The van der Waals surface area contributed by atoms with Gasteiger partial charge in [0.2, 0.25) is 0 Å². The summed E-state index contributed by atoms with van der Waals surface area (Å²) in [6.07, 6.45) is 1.06. The summed E-state index contributed by atoms with van der Waals surface area (Å²) < 4.78 is 24.0. The number of aliphatic hydroxyl groups is 3. The van der Waals surface area contributed by atoms with Crippen LogP contribution in [0.15, 0.2) is 0 Å². The molecule has 7 bridgehead atoms. The van der Waals surface area contributed by atoms with Gasteiger partial charge in [-0.3, -0.25) is 4.90 Å². The first-order valence-corrected chi connectivity index (χ1v) is 12.7. The van der Waals surface area contributed by atoms with Crippen LogP contribution in [0.5, 0.6) is 0 Å². The lowest BCUT2D eigenvalue weighted by atomic mass is 9.42. The second-order valence-electron chi connectivity index (χ2n) is 11.9. The van der Waals surface area contributed by atoms with Gasteiger partial charge in [0.05, 0.1) is 37.1 Å². The highest BCUT2D eigenvalue weighted by molar-refractivity contribution is 5.41. The average Bonchev–Trinajstić information content (AvgIpc) is 3.22. The van der Waals surface area contributed by atoms with Crippen molar-refractivity contribution < 1.29 is 34.3 Å². The molecule has 5 aliphatic carbocycles. The normalized spacial score (nSPS) is 60.9. The Morgan fingerprint density at radius 3 is 2.42 bits per heavy atom. The summed E-state index contributed by atoms with van der Waals surface area (Å²) in [6.45, 7) is 4.18. The predicted octanol–water partition coefficient (Wildman–Crippen LogP) is 0.271. The van der Waals surface area contributed by atoms with Crippen molar-refractivity contribution in [2.45, 2.75) is 74.3 Å². The Labute approximate surface area is 196 Å². The van der Waals surface area contributed by atoms with Crippen LogP contribution in [0.4, 0.5) is 0 Å². The van der Waals surface area contributed by atoms with Crippen molar-refractivity contribution in [1.82, 2.24) is 4.90 Å². The molecule has 3 N–H and O–H groups in total. The van der Waals surface area contributed by atoms with Gasteiger partial charge in [-0.25, -0.2) is 0 Å². The highest BCUT2D eigenvalue weighted by atomic mass is 16.5. The lowest BCUT2D eigenvalue weighted by Crippen LogP contribution is -2.82. The van der Waals surface area contributed by atoms with Crippen molar-refractivity contribution in [1.29, 1.82) is 0 Å². The standard InChI is InChI=1S/C25H41NO7/c1-6-26-11-22(12-30-2)8-7-16(27)24-14-9-13-15(31-3)10-23(28,17(14)18(13)32-4)25(29,21(24)26)20(33-5)19(22)24/h13-21,27-29H,6-12H2,1-5H3/t13-,14-,15+,16+,17-,18+,19-,20+,21?,22+,23-,24+,25+/m1/s1. The molecular weight excluding hydrogens is 426 g/mol. The molecule has 0 amide bonds. The third kappa shape index (κ3) is 2.20. The minimum Gasteiger partial charge on any atom is -0.392 e. The maximum Gasteiger partial charge on any atom is 0.136 e. The van der Waals surface area contributed by atoms with Crippen LogP contribution in [0, 0.1) is 34.5 Å². The molecular formula is C25H41NO7. The number of fused-ring (bicyclic) bond motifs is 2. The van der Waals surface area contributed by atoms with Gasteiger partial charge in [0, 0.05) is 70.0 Å². The molecule has 1 saturated heterocycles. The van der Waals surface area contributed by atoms with Crippen molar-refractivity contribution in [2.75, 3.05) is 48.1 Å². The molecule has 1 heterocycles. The molecule has 13 atom stereocenters. The Balaban J connectivity index is 1.67. The van der Waals surface area contributed by atoms with Gasteiger partial charge in [-0.15, -0.1) is 0 Å². The Hall–Kier alpha value is -0.320. The first-order chi connectivity index (χ1) is 15.8. The maximum absolute atomic E-state index is 12.9. The van der Waals surface area contributed by atoms with Crippen LogP contribution < -0.4 is 0 Å². The second-order valence-corrected chi connectivity index (χ2v) is 11.9.